The van der Waals surface area contributed by atoms with Gasteiger partial charge in [0.15, 0.2) is 13.6 Å². The first-order valence-electron chi connectivity index (χ1n) is 13.3. The van der Waals surface area contributed by atoms with Crippen molar-refractivity contribution in [2.75, 3.05) is 68.3 Å². The highest BCUT2D eigenvalue weighted by molar-refractivity contribution is 7.71. The van der Waals surface area contributed by atoms with Crippen LogP contribution in [0.5, 0.6) is 11.5 Å². The van der Waals surface area contributed by atoms with Gasteiger partial charge in [-0.05, 0) is 49.2 Å². The number of hydrogen-bond donors (Lipinski definition) is 0. The van der Waals surface area contributed by atoms with E-state index in [0.29, 0.717) is 36.5 Å². The van der Waals surface area contributed by atoms with Gasteiger partial charge in [-0.1, -0.05) is 64.7 Å². The van der Waals surface area contributed by atoms with Crippen molar-refractivity contribution in [1.82, 2.24) is 4.67 Å². The Balaban J connectivity index is 2.76. The zero-order valence-electron chi connectivity index (χ0n) is 25.7. The second-order valence-electron chi connectivity index (χ2n) is 11.6. The van der Waals surface area contributed by atoms with Crippen molar-refractivity contribution in [2.24, 2.45) is 0 Å². The molecule has 0 aromatic heterocycles. The van der Waals surface area contributed by atoms with Crippen molar-refractivity contribution in [3.8, 4) is 11.5 Å². The lowest BCUT2D eigenvalue weighted by Crippen LogP contribution is -2.30. The monoisotopic (exact) mass is 617 g/mol. The maximum absolute atomic E-state index is 6.77. The van der Waals surface area contributed by atoms with Crippen LogP contribution in [0.4, 0.5) is 0 Å². The van der Waals surface area contributed by atoms with Crippen molar-refractivity contribution >= 4 is 41.9 Å². The van der Waals surface area contributed by atoms with Crippen LogP contribution >= 0.6 is 31.3 Å². The van der Waals surface area contributed by atoms with Crippen molar-refractivity contribution < 1.29 is 28.4 Å². The maximum Gasteiger partial charge on any atom is 0.189 e. The molecule has 0 radical (unpaired) electrons. The van der Waals surface area contributed by atoms with E-state index in [4.69, 9.17) is 51.6 Å². The van der Waals surface area contributed by atoms with E-state index in [2.05, 4.69) is 46.2 Å². The van der Waals surface area contributed by atoms with E-state index < -0.39 is 8.07 Å². The molecule has 0 aliphatic carbocycles. The molecule has 0 atom stereocenters. The quantitative estimate of drug-likeness (QED) is 0.128. The molecule has 0 unspecified atom stereocenters. The predicted octanol–water partition coefficient (Wildman–Crippen LogP) is 6.50. The smallest absolute Gasteiger partial charge is 0.189 e. The molecule has 0 saturated heterocycles. The number of ether oxygens (including phenoxy) is 6. The molecule has 0 saturated carbocycles. The van der Waals surface area contributed by atoms with E-state index in [1.807, 2.05) is 38.4 Å². The summed E-state index contributed by atoms with van der Waals surface area (Å²) in [5, 5.41) is 3.15. The molecular formula is C30H46Cl2NO6P. The summed E-state index contributed by atoms with van der Waals surface area (Å²) in [5.41, 5.74) is 1.49. The number of halogens is 2. The Morgan fingerprint density at radius 1 is 0.650 bits per heavy atom. The van der Waals surface area contributed by atoms with Gasteiger partial charge in [0, 0.05) is 54.1 Å². The number of nitrogens with zero attached hydrogens (tertiary/aromatic N) is 1. The van der Waals surface area contributed by atoms with Crippen LogP contribution in [0.1, 0.15) is 52.7 Å². The Hall–Kier alpha value is -1.15. The Labute approximate surface area is 252 Å². The van der Waals surface area contributed by atoms with Gasteiger partial charge in [0.05, 0.1) is 26.4 Å². The first-order valence-corrected chi connectivity index (χ1v) is 15.3. The summed E-state index contributed by atoms with van der Waals surface area (Å²) in [6.07, 6.45) is 0. The molecule has 2 aromatic carbocycles. The van der Waals surface area contributed by atoms with Crippen LogP contribution in [0.3, 0.4) is 0 Å². The van der Waals surface area contributed by atoms with Crippen LogP contribution in [-0.4, -0.2) is 73.0 Å². The maximum atomic E-state index is 6.77. The van der Waals surface area contributed by atoms with Crippen molar-refractivity contribution in [3.63, 3.8) is 0 Å². The summed E-state index contributed by atoms with van der Waals surface area (Å²) in [7, 11) is 6.15. The molecule has 0 aliphatic heterocycles. The minimum absolute atomic E-state index is 0.0805. The van der Waals surface area contributed by atoms with Crippen LogP contribution < -0.4 is 20.1 Å². The lowest BCUT2D eigenvalue weighted by molar-refractivity contribution is -0.00873. The average Bonchev–Trinajstić information content (AvgIpc) is 2.84. The summed E-state index contributed by atoms with van der Waals surface area (Å²) < 4.78 is 36.6. The van der Waals surface area contributed by atoms with Gasteiger partial charge in [-0.25, -0.2) is 0 Å². The van der Waals surface area contributed by atoms with E-state index in [0.717, 1.165) is 33.2 Å². The highest BCUT2D eigenvalue weighted by Gasteiger charge is 2.33. The van der Waals surface area contributed by atoms with Crippen LogP contribution in [0.2, 0.25) is 10.0 Å². The van der Waals surface area contributed by atoms with Gasteiger partial charge in [-0.3, -0.25) is 4.67 Å². The Bertz CT molecular complexity index is 1000. The molecule has 0 N–H and O–H groups in total. The van der Waals surface area contributed by atoms with E-state index in [1.165, 1.54) is 0 Å². The second-order valence-corrected chi connectivity index (χ2v) is 14.8. The zero-order chi connectivity index (χ0) is 30.1. The van der Waals surface area contributed by atoms with E-state index in [9.17, 15) is 0 Å². The van der Waals surface area contributed by atoms with Crippen LogP contribution in [-0.2, 0) is 29.8 Å². The van der Waals surface area contributed by atoms with Gasteiger partial charge in [-0.15, -0.1) is 0 Å². The minimum Gasteiger partial charge on any atom is -0.467 e. The first-order chi connectivity index (χ1) is 18.7. The van der Waals surface area contributed by atoms with E-state index >= 15 is 0 Å². The molecule has 10 heteroatoms. The van der Waals surface area contributed by atoms with Gasteiger partial charge in [0.25, 0.3) is 0 Å². The average molecular weight is 619 g/mol. The van der Waals surface area contributed by atoms with Crippen molar-refractivity contribution in [1.29, 1.82) is 0 Å². The molecule has 0 amide bonds. The van der Waals surface area contributed by atoms with E-state index in [-0.39, 0.29) is 24.4 Å². The summed E-state index contributed by atoms with van der Waals surface area (Å²) in [6.45, 7) is 14.8. The number of benzene rings is 2. The molecule has 2 rings (SSSR count). The molecule has 0 fully saturated rings. The Kier molecular flexibility index (Phi) is 13.9. The van der Waals surface area contributed by atoms with Gasteiger partial charge in [0.1, 0.15) is 11.5 Å². The molecule has 40 heavy (non-hydrogen) atoms. The normalized spacial score (nSPS) is 12.4. The van der Waals surface area contributed by atoms with Gasteiger partial charge >= 0.3 is 0 Å². The van der Waals surface area contributed by atoms with Crippen LogP contribution in [0.25, 0.3) is 0 Å². The third-order valence-corrected chi connectivity index (χ3v) is 8.79. The Morgan fingerprint density at radius 2 is 1.02 bits per heavy atom. The van der Waals surface area contributed by atoms with E-state index in [1.54, 1.807) is 14.2 Å². The fourth-order valence-corrected chi connectivity index (χ4v) is 7.04. The standard InChI is InChI=1S/C30H46Cl2NO6P/c1-29(2,3)23-15-21(31)17-25(27(23)38-19-36-13-11-34-9)40(33(7)8)26-18-22(32)16-24(30(4,5)6)28(26)39-20-37-14-12-35-10/h15-18H,11-14,19-20H2,1-10H3. The fourth-order valence-electron chi connectivity index (χ4n) is 4.05. The van der Waals surface area contributed by atoms with Crippen LogP contribution in [0.15, 0.2) is 24.3 Å². The molecule has 0 heterocycles. The van der Waals surface area contributed by atoms with Gasteiger partial charge < -0.3 is 28.4 Å². The third kappa shape index (κ3) is 9.99. The third-order valence-electron chi connectivity index (χ3n) is 5.98. The van der Waals surface area contributed by atoms with Gasteiger partial charge in [-0.2, -0.15) is 0 Å². The van der Waals surface area contributed by atoms with Gasteiger partial charge in [0.2, 0.25) is 0 Å². The summed E-state index contributed by atoms with van der Waals surface area (Å²) in [6, 6.07) is 7.89. The molecule has 7 nitrogen and oxygen atoms in total. The molecule has 0 spiro atoms. The predicted molar refractivity (Wildman–Crippen MR) is 167 cm³/mol. The minimum atomic E-state index is -1.21. The summed E-state index contributed by atoms with van der Waals surface area (Å²) >= 11 is 13.5. The van der Waals surface area contributed by atoms with Crippen LogP contribution in [0, 0.1) is 0 Å². The largest absolute Gasteiger partial charge is 0.467 e. The summed E-state index contributed by atoms with van der Waals surface area (Å²) in [5.74, 6) is 1.49. The van der Waals surface area contributed by atoms with Crippen molar-refractivity contribution in [3.05, 3.63) is 45.4 Å². The molecule has 0 bridgehead atoms. The number of hydrogen-bond acceptors (Lipinski definition) is 7. The SMILES string of the molecule is COCCOCOc1c(P(c2cc(Cl)cc(C(C)(C)C)c2OCOCCOC)N(C)C)cc(Cl)cc1C(C)(C)C. The topological polar surface area (TPSA) is 58.6 Å². The lowest BCUT2D eigenvalue weighted by Gasteiger charge is -2.33. The molecule has 226 valence electrons. The first kappa shape index (κ1) is 35.0. The highest BCUT2D eigenvalue weighted by atomic mass is 35.5. The Morgan fingerprint density at radius 3 is 1.32 bits per heavy atom. The summed E-state index contributed by atoms with van der Waals surface area (Å²) in [4.78, 5) is 0. The lowest BCUT2D eigenvalue weighted by atomic mass is 9.86. The number of rotatable bonds is 15. The fraction of sp³-hybridized carbons (Fsp3) is 0.600. The van der Waals surface area contributed by atoms with Crippen molar-refractivity contribution in [2.45, 2.75) is 52.4 Å². The second kappa shape index (κ2) is 15.9. The highest BCUT2D eigenvalue weighted by Crippen LogP contribution is 2.48. The molecular weight excluding hydrogens is 572 g/mol. The zero-order valence-corrected chi connectivity index (χ0v) is 28.1. The molecule has 0 aliphatic rings. The number of methoxy groups -OCH3 is 2. The molecule has 2 aromatic rings.